The van der Waals surface area contributed by atoms with E-state index in [0.29, 0.717) is 4.47 Å². The van der Waals surface area contributed by atoms with Gasteiger partial charge in [-0.1, -0.05) is 21.1 Å². The highest BCUT2D eigenvalue weighted by molar-refractivity contribution is 9.10. The molecule has 110 valence electrons. The number of carboxylic acid groups (broad SMARTS) is 1. The minimum absolute atomic E-state index is 0.0882. The highest BCUT2D eigenvalue weighted by Gasteiger charge is 2.15. The Morgan fingerprint density at radius 2 is 2.29 bits per heavy atom. The summed E-state index contributed by atoms with van der Waals surface area (Å²) in [6.45, 7) is 0.304. The minimum atomic E-state index is -1.18. The molecule has 1 N–H and O–H groups in total. The summed E-state index contributed by atoms with van der Waals surface area (Å²) in [5.41, 5.74) is -0.334. The molecular formula is C11H9BrN4O5. The van der Waals surface area contributed by atoms with E-state index in [2.05, 4.69) is 26.2 Å². The van der Waals surface area contributed by atoms with E-state index in [1.54, 1.807) is 6.07 Å². The molecule has 0 aliphatic carbocycles. The van der Waals surface area contributed by atoms with E-state index in [-0.39, 0.29) is 30.3 Å². The summed E-state index contributed by atoms with van der Waals surface area (Å²) in [6, 6.07) is 4.44. The topological polar surface area (TPSA) is 120 Å². The molecule has 1 heterocycles. The molecule has 0 aliphatic rings. The second-order valence-electron chi connectivity index (χ2n) is 3.89. The van der Waals surface area contributed by atoms with Crippen LogP contribution in [0.1, 0.15) is 10.5 Å². The van der Waals surface area contributed by atoms with Crippen molar-refractivity contribution in [2.45, 2.75) is 6.54 Å². The smallest absolute Gasteiger partial charge is 0.358 e. The van der Waals surface area contributed by atoms with Crippen LogP contribution >= 0.6 is 15.9 Å². The Hall–Kier alpha value is -2.49. The number of nitrogens with zero attached hydrogens (tertiary/aromatic N) is 4. The number of aromatic nitrogens is 3. The first-order valence-corrected chi connectivity index (χ1v) is 6.47. The van der Waals surface area contributed by atoms with Gasteiger partial charge in [-0.15, -0.1) is 5.10 Å². The lowest BCUT2D eigenvalue weighted by Gasteiger charge is -2.06. The van der Waals surface area contributed by atoms with Gasteiger partial charge in [0.2, 0.25) is 0 Å². The Bertz CT molecular complexity index is 687. The van der Waals surface area contributed by atoms with Crippen LogP contribution in [0.2, 0.25) is 0 Å². The predicted molar refractivity (Wildman–Crippen MR) is 73.3 cm³/mol. The average molecular weight is 357 g/mol. The number of hydrogen-bond donors (Lipinski definition) is 1. The fourth-order valence-electron chi connectivity index (χ4n) is 1.51. The Morgan fingerprint density at radius 1 is 1.52 bits per heavy atom. The standard InChI is InChI=1S/C11H9BrN4O5/c12-7-1-2-10(9(5-7)16(19)20)21-4-3-15-6-8(11(17)18)13-14-15/h1-2,5-6H,3-4H2,(H,17,18). The van der Waals surface area contributed by atoms with Crippen LogP contribution in [0.3, 0.4) is 0 Å². The van der Waals surface area contributed by atoms with Gasteiger partial charge in [-0.2, -0.15) is 0 Å². The zero-order valence-electron chi connectivity index (χ0n) is 10.5. The Labute approximate surface area is 126 Å². The van der Waals surface area contributed by atoms with Gasteiger partial charge in [0, 0.05) is 10.5 Å². The molecule has 21 heavy (non-hydrogen) atoms. The molecule has 0 bridgehead atoms. The molecular weight excluding hydrogens is 348 g/mol. The van der Waals surface area contributed by atoms with Crippen molar-refractivity contribution in [1.82, 2.24) is 15.0 Å². The Morgan fingerprint density at radius 3 is 2.90 bits per heavy atom. The number of benzene rings is 1. The Balaban J connectivity index is 2.00. The van der Waals surface area contributed by atoms with Crippen LogP contribution in [-0.2, 0) is 6.54 Å². The lowest BCUT2D eigenvalue weighted by atomic mass is 10.3. The largest absolute Gasteiger partial charge is 0.485 e. The first-order chi connectivity index (χ1) is 9.97. The van der Waals surface area contributed by atoms with Crippen LogP contribution in [0.4, 0.5) is 5.69 Å². The number of hydrogen-bond acceptors (Lipinski definition) is 6. The van der Waals surface area contributed by atoms with Gasteiger partial charge >= 0.3 is 11.7 Å². The molecule has 0 atom stereocenters. The van der Waals surface area contributed by atoms with Crippen molar-refractivity contribution in [3.63, 3.8) is 0 Å². The summed E-state index contributed by atoms with van der Waals surface area (Å²) in [4.78, 5) is 21.0. The van der Waals surface area contributed by atoms with Gasteiger partial charge in [0.25, 0.3) is 0 Å². The number of ether oxygens (including phenoxy) is 1. The fraction of sp³-hybridized carbons (Fsp3) is 0.182. The summed E-state index contributed by atoms with van der Waals surface area (Å²) in [5.74, 6) is -1.05. The molecule has 0 radical (unpaired) electrons. The molecule has 2 rings (SSSR count). The van der Waals surface area contributed by atoms with Gasteiger partial charge in [0.1, 0.15) is 6.61 Å². The van der Waals surface area contributed by atoms with Gasteiger partial charge < -0.3 is 9.84 Å². The van der Waals surface area contributed by atoms with Gasteiger partial charge in [0.05, 0.1) is 17.7 Å². The normalized spacial score (nSPS) is 10.3. The van der Waals surface area contributed by atoms with E-state index in [0.717, 1.165) is 0 Å². The molecule has 0 amide bonds. The third-order valence-electron chi connectivity index (χ3n) is 2.45. The zero-order valence-corrected chi connectivity index (χ0v) is 12.1. The molecule has 2 aromatic rings. The third kappa shape index (κ3) is 3.75. The van der Waals surface area contributed by atoms with Crippen LogP contribution in [-0.4, -0.2) is 37.6 Å². The van der Waals surface area contributed by atoms with Crippen molar-refractivity contribution in [2.75, 3.05) is 6.61 Å². The number of carboxylic acids is 1. The number of aromatic carboxylic acids is 1. The van der Waals surface area contributed by atoms with E-state index in [1.165, 1.54) is 23.0 Å². The second kappa shape index (κ2) is 6.31. The number of halogens is 1. The van der Waals surface area contributed by atoms with Gasteiger partial charge in [-0.3, -0.25) is 10.1 Å². The van der Waals surface area contributed by atoms with Crippen LogP contribution in [0.15, 0.2) is 28.9 Å². The maximum atomic E-state index is 10.9. The first-order valence-electron chi connectivity index (χ1n) is 5.67. The number of nitro groups is 1. The minimum Gasteiger partial charge on any atom is -0.485 e. The van der Waals surface area contributed by atoms with Gasteiger partial charge in [-0.25, -0.2) is 9.48 Å². The molecule has 10 heteroatoms. The molecule has 0 saturated carbocycles. The molecule has 0 aliphatic heterocycles. The van der Waals surface area contributed by atoms with E-state index in [9.17, 15) is 14.9 Å². The van der Waals surface area contributed by atoms with Crippen molar-refractivity contribution in [2.24, 2.45) is 0 Å². The van der Waals surface area contributed by atoms with Crippen molar-refractivity contribution in [3.8, 4) is 5.75 Å². The summed E-state index contributed by atoms with van der Waals surface area (Å²) in [6.07, 6.45) is 1.25. The van der Waals surface area contributed by atoms with E-state index in [4.69, 9.17) is 9.84 Å². The van der Waals surface area contributed by atoms with Crippen LogP contribution in [0.25, 0.3) is 0 Å². The van der Waals surface area contributed by atoms with Crippen molar-refractivity contribution in [3.05, 3.63) is 44.7 Å². The SMILES string of the molecule is O=C(O)c1cn(CCOc2ccc(Br)cc2[N+](=O)[O-])nn1. The van der Waals surface area contributed by atoms with E-state index in [1.807, 2.05) is 0 Å². The van der Waals surface area contributed by atoms with Crippen LogP contribution in [0, 0.1) is 10.1 Å². The predicted octanol–water partition coefficient (Wildman–Crippen LogP) is 1.73. The van der Waals surface area contributed by atoms with Crippen LogP contribution in [0.5, 0.6) is 5.75 Å². The number of carbonyl (C=O) groups is 1. The fourth-order valence-corrected chi connectivity index (χ4v) is 1.86. The third-order valence-corrected chi connectivity index (χ3v) is 2.95. The van der Waals surface area contributed by atoms with E-state index < -0.39 is 10.9 Å². The monoisotopic (exact) mass is 356 g/mol. The first kappa shape index (κ1) is 14.9. The summed E-state index contributed by atoms with van der Waals surface area (Å²) in [7, 11) is 0. The summed E-state index contributed by atoms with van der Waals surface area (Å²) >= 11 is 3.15. The van der Waals surface area contributed by atoms with Crippen LogP contribution < -0.4 is 4.74 Å². The maximum Gasteiger partial charge on any atom is 0.358 e. The highest BCUT2D eigenvalue weighted by atomic mass is 79.9. The van der Waals surface area contributed by atoms with Crippen molar-refractivity contribution < 1.29 is 19.6 Å². The quantitative estimate of drug-likeness (QED) is 0.617. The van der Waals surface area contributed by atoms with Crippen molar-refractivity contribution >= 4 is 27.6 Å². The van der Waals surface area contributed by atoms with Crippen molar-refractivity contribution in [1.29, 1.82) is 0 Å². The molecule has 1 aromatic carbocycles. The molecule has 1 aromatic heterocycles. The second-order valence-corrected chi connectivity index (χ2v) is 4.81. The van der Waals surface area contributed by atoms with Gasteiger partial charge in [-0.05, 0) is 12.1 Å². The molecule has 0 unspecified atom stereocenters. The highest BCUT2D eigenvalue weighted by Crippen LogP contribution is 2.29. The molecule has 0 saturated heterocycles. The lowest BCUT2D eigenvalue weighted by molar-refractivity contribution is -0.385. The average Bonchev–Trinajstić information content (AvgIpc) is 2.89. The summed E-state index contributed by atoms with van der Waals surface area (Å²) in [5, 5.41) is 26.6. The molecule has 0 spiro atoms. The number of nitro benzene ring substituents is 1. The zero-order chi connectivity index (χ0) is 15.4. The maximum absolute atomic E-state index is 10.9. The molecule has 9 nitrogen and oxygen atoms in total. The molecule has 0 fully saturated rings. The summed E-state index contributed by atoms with van der Waals surface area (Å²) < 4.78 is 7.19. The van der Waals surface area contributed by atoms with Gasteiger partial charge in [0.15, 0.2) is 11.4 Å². The Kier molecular flexibility index (Phi) is 4.48. The van der Waals surface area contributed by atoms with E-state index >= 15 is 0 Å². The lowest BCUT2D eigenvalue weighted by Crippen LogP contribution is -2.09. The number of rotatable bonds is 6.